The molecule has 3 aromatic rings. The van der Waals surface area contributed by atoms with Crippen molar-refractivity contribution in [1.82, 2.24) is 0 Å². The summed E-state index contributed by atoms with van der Waals surface area (Å²) in [6.07, 6.45) is 1.63. The van der Waals surface area contributed by atoms with Crippen LogP contribution in [0.2, 0.25) is 0 Å². The van der Waals surface area contributed by atoms with Gasteiger partial charge in [-0.3, -0.25) is 0 Å². The second-order valence-corrected chi connectivity index (χ2v) is 7.90. The average Bonchev–Trinajstić information content (AvgIpc) is 2.69. The maximum Gasteiger partial charge on any atom is 0.736 e. The van der Waals surface area contributed by atoms with Gasteiger partial charge in [0.1, 0.15) is 17.2 Å². The van der Waals surface area contributed by atoms with Crippen LogP contribution in [0.5, 0.6) is 17.2 Å². The molecular weight excluding hydrogens is 340 g/mol. The smallest absolute Gasteiger partial charge is 0.480 e. The molecule has 26 heavy (non-hydrogen) atoms. The molecule has 3 aromatic carbocycles. The van der Waals surface area contributed by atoms with E-state index in [4.69, 9.17) is 13.3 Å². The molecule has 0 spiro atoms. The van der Waals surface area contributed by atoms with Crippen LogP contribution in [-0.4, -0.2) is 8.80 Å². The molecule has 0 saturated heterocycles. The molecule has 4 heteroatoms. The van der Waals surface area contributed by atoms with Crippen molar-refractivity contribution in [3.05, 3.63) is 115 Å². The van der Waals surface area contributed by atoms with Crippen LogP contribution in [0.4, 0.5) is 0 Å². The molecule has 0 amide bonds. The Kier molecular flexibility index (Phi) is 5.56. The molecule has 0 unspecified atom stereocenters. The van der Waals surface area contributed by atoms with Crippen LogP contribution in [0.25, 0.3) is 0 Å². The minimum absolute atomic E-state index is 0.578. The van der Waals surface area contributed by atoms with Gasteiger partial charge in [-0.2, -0.15) is 0 Å². The molecule has 0 radical (unpaired) electrons. The van der Waals surface area contributed by atoms with Crippen molar-refractivity contribution in [1.29, 1.82) is 0 Å². The lowest BCUT2D eigenvalue weighted by molar-refractivity contribution is 0.276. The number of allylic oxidation sites excluding steroid dienone is 2. The Morgan fingerprint density at radius 1 is 0.615 bits per heavy atom. The van der Waals surface area contributed by atoms with Crippen LogP contribution in [-0.2, 0) is 0 Å². The van der Waals surface area contributed by atoms with Gasteiger partial charge in [-0.05, 0) is 36.4 Å². The topological polar surface area (TPSA) is 27.7 Å². The lowest BCUT2D eigenvalue weighted by atomic mass is 10.3. The van der Waals surface area contributed by atoms with Gasteiger partial charge >= 0.3 is 8.80 Å². The largest absolute Gasteiger partial charge is 0.736 e. The Hall–Kier alpha value is -3.24. The van der Waals surface area contributed by atoms with Gasteiger partial charge in [0.2, 0.25) is 0 Å². The van der Waals surface area contributed by atoms with Gasteiger partial charge < -0.3 is 13.3 Å². The highest BCUT2D eigenvalue weighted by Crippen LogP contribution is 2.28. The third-order valence-corrected chi connectivity index (χ3v) is 6.13. The SMILES string of the molecule is C=CC(=C)[Si](Oc1ccccc1)(Oc1ccccc1)Oc1ccccc1. The zero-order valence-corrected chi connectivity index (χ0v) is 15.4. The summed E-state index contributed by atoms with van der Waals surface area (Å²) in [5.74, 6) is 1.94. The van der Waals surface area contributed by atoms with Crippen molar-refractivity contribution in [2.75, 3.05) is 0 Å². The minimum atomic E-state index is -3.43. The van der Waals surface area contributed by atoms with Crippen LogP contribution < -0.4 is 13.3 Å². The first-order valence-corrected chi connectivity index (χ1v) is 9.98. The summed E-state index contributed by atoms with van der Waals surface area (Å²) < 4.78 is 18.9. The molecule has 0 bridgehead atoms. The molecule has 0 atom stereocenters. The molecule has 0 saturated carbocycles. The normalized spacial score (nSPS) is 10.6. The molecule has 0 fully saturated rings. The van der Waals surface area contributed by atoms with E-state index in [0.717, 1.165) is 0 Å². The van der Waals surface area contributed by atoms with Gasteiger partial charge in [0.15, 0.2) is 0 Å². The van der Waals surface area contributed by atoms with E-state index in [0.29, 0.717) is 22.4 Å². The van der Waals surface area contributed by atoms with Gasteiger partial charge in [0.05, 0.1) is 5.20 Å². The lowest BCUT2D eigenvalue weighted by Crippen LogP contribution is -2.56. The van der Waals surface area contributed by atoms with Gasteiger partial charge in [-0.1, -0.05) is 73.8 Å². The van der Waals surface area contributed by atoms with Crippen LogP contribution in [0, 0.1) is 0 Å². The van der Waals surface area contributed by atoms with E-state index in [9.17, 15) is 0 Å². The quantitative estimate of drug-likeness (QED) is 0.395. The number of hydrogen-bond donors (Lipinski definition) is 0. The maximum absolute atomic E-state index is 6.29. The number of rotatable bonds is 8. The summed E-state index contributed by atoms with van der Waals surface area (Å²) in [5, 5.41) is 0.578. The third-order valence-electron chi connectivity index (χ3n) is 3.63. The van der Waals surface area contributed by atoms with E-state index >= 15 is 0 Å². The summed E-state index contributed by atoms with van der Waals surface area (Å²) in [7, 11) is -3.43. The number of benzene rings is 3. The predicted molar refractivity (Wildman–Crippen MR) is 106 cm³/mol. The molecule has 130 valence electrons. The number of para-hydroxylation sites is 3. The summed E-state index contributed by atoms with van der Waals surface area (Å²) in [6.45, 7) is 7.95. The van der Waals surface area contributed by atoms with Crippen LogP contribution in [0.3, 0.4) is 0 Å². The standard InChI is InChI=1S/C22H20O3Si/c1-3-19(2)26(23-20-13-7-4-8-14-20,24-21-15-9-5-10-16-21)25-22-17-11-6-12-18-22/h3-18H,1-2H2. The first kappa shape index (κ1) is 17.6. The van der Waals surface area contributed by atoms with Crippen LogP contribution in [0.1, 0.15) is 0 Å². The molecular formula is C22H20O3Si. The fraction of sp³-hybridized carbons (Fsp3) is 0. The first-order chi connectivity index (χ1) is 12.7. The van der Waals surface area contributed by atoms with E-state index in [1.165, 1.54) is 0 Å². The van der Waals surface area contributed by atoms with Gasteiger partial charge in [0, 0.05) is 0 Å². The predicted octanol–water partition coefficient (Wildman–Crippen LogP) is 5.44. The van der Waals surface area contributed by atoms with E-state index in [1.807, 2.05) is 91.0 Å². The molecule has 0 aliphatic rings. The number of hydrogen-bond acceptors (Lipinski definition) is 3. The summed E-state index contributed by atoms with van der Waals surface area (Å²) in [4.78, 5) is 0. The monoisotopic (exact) mass is 360 g/mol. The van der Waals surface area contributed by atoms with Crippen LogP contribution >= 0.6 is 0 Å². The van der Waals surface area contributed by atoms with Gasteiger partial charge in [-0.15, -0.1) is 0 Å². The fourth-order valence-electron chi connectivity index (χ4n) is 2.32. The molecule has 3 rings (SSSR count). The van der Waals surface area contributed by atoms with Gasteiger partial charge in [0.25, 0.3) is 0 Å². The second kappa shape index (κ2) is 8.23. The summed E-state index contributed by atoms with van der Waals surface area (Å²) in [6, 6.07) is 28.3. The zero-order chi connectivity index (χ0) is 18.2. The highest BCUT2D eigenvalue weighted by molar-refractivity contribution is 6.71. The van der Waals surface area contributed by atoms with Crippen LogP contribution in [0.15, 0.2) is 115 Å². The van der Waals surface area contributed by atoms with Crippen molar-refractivity contribution in [2.45, 2.75) is 0 Å². The molecule has 0 aromatic heterocycles. The minimum Gasteiger partial charge on any atom is -0.480 e. The highest BCUT2D eigenvalue weighted by atomic mass is 28.4. The van der Waals surface area contributed by atoms with Crippen molar-refractivity contribution >= 4 is 8.80 Å². The molecule has 3 nitrogen and oxygen atoms in total. The Morgan fingerprint density at radius 2 is 0.923 bits per heavy atom. The third kappa shape index (κ3) is 4.23. The summed E-state index contributed by atoms with van der Waals surface area (Å²) in [5.41, 5.74) is 0. The second-order valence-electron chi connectivity index (χ2n) is 5.53. The Morgan fingerprint density at radius 3 is 1.19 bits per heavy atom. The lowest BCUT2D eigenvalue weighted by Gasteiger charge is -2.30. The maximum atomic E-state index is 6.29. The Labute approximate surface area is 155 Å². The fourth-order valence-corrected chi connectivity index (χ4v) is 4.42. The van der Waals surface area contributed by atoms with Crippen molar-refractivity contribution in [2.24, 2.45) is 0 Å². The van der Waals surface area contributed by atoms with E-state index in [2.05, 4.69) is 13.2 Å². The van der Waals surface area contributed by atoms with Crippen molar-refractivity contribution in [3.8, 4) is 17.2 Å². The molecule has 0 heterocycles. The highest BCUT2D eigenvalue weighted by Gasteiger charge is 2.52. The Balaban J connectivity index is 2.03. The Bertz CT molecular complexity index is 747. The zero-order valence-electron chi connectivity index (χ0n) is 14.4. The van der Waals surface area contributed by atoms with Crippen molar-refractivity contribution in [3.63, 3.8) is 0 Å². The van der Waals surface area contributed by atoms with E-state index in [1.54, 1.807) is 6.08 Å². The van der Waals surface area contributed by atoms with Crippen molar-refractivity contribution < 1.29 is 13.3 Å². The average molecular weight is 360 g/mol. The van der Waals surface area contributed by atoms with E-state index in [-0.39, 0.29) is 0 Å². The molecule has 0 N–H and O–H groups in total. The molecule has 0 aliphatic heterocycles. The summed E-state index contributed by atoms with van der Waals surface area (Å²) >= 11 is 0. The van der Waals surface area contributed by atoms with Gasteiger partial charge in [-0.25, -0.2) is 0 Å². The van der Waals surface area contributed by atoms with E-state index < -0.39 is 8.80 Å². The first-order valence-electron chi connectivity index (χ1n) is 8.26. The molecule has 0 aliphatic carbocycles.